The third-order valence-corrected chi connectivity index (χ3v) is 3.39. The minimum Gasteiger partial charge on any atom is -0.389 e. The maximum absolute atomic E-state index is 8.96. The highest BCUT2D eigenvalue weighted by molar-refractivity contribution is 7.09. The fraction of sp³-hybridized carbons (Fsp3) is 0.308. The number of benzene rings is 1. The van der Waals surface area contributed by atoms with Crippen molar-refractivity contribution in [3.8, 4) is 11.3 Å². The highest BCUT2D eigenvalue weighted by Crippen LogP contribution is 2.24. The fourth-order valence-corrected chi connectivity index (χ4v) is 2.22. The lowest BCUT2D eigenvalue weighted by molar-refractivity contribution is 0.281. The topological polar surface area (TPSA) is 33.1 Å². The van der Waals surface area contributed by atoms with Crippen LogP contribution in [0.4, 0.5) is 0 Å². The first-order valence-electron chi connectivity index (χ1n) is 5.36. The Morgan fingerprint density at radius 2 is 1.94 bits per heavy atom. The van der Waals surface area contributed by atoms with Crippen molar-refractivity contribution in [2.45, 2.75) is 26.4 Å². The van der Waals surface area contributed by atoms with Gasteiger partial charge in [0.2, 0.25) is 0 Å². The molecule has 0 bridgehead atoms. The summed E-state index contributed by atoms with van der Waals surface area (Å²) in [5.74, 6) is 0.553. The zero-order chi connectivity index (χ0) is 11.5. The second kappa shape index (κ2) is 4.76. The van der Waals surface area contributed by atoms with Gasteiger partial charge in [0.05, 0.1) is 12.3 Å². The zero-order valence-corrected chi connectivity index (χ0v) is 10.3. The molecule has 2 rings (SSSR count). The zero-order valence-electron chi connectivity index (χ0n) is 9.47. The molecule has 16 heavy (non-hydrogen) atoms. The van der Waals surface area contributed by atoms with Gasteiger partial charge in [-0.1, -0.05) is 38.1 Å². The first-order chi connectivity index (χ1) is 7.70. The minimum atomic E-state index is 0.0226. The van der Waals surface area contributed by atoms with Gasteiger partial charge in [-0.25, -0.2) is 4.98 Å². The van der Waals surface area contributed by atoms with Crippen LogP contribution in [-0.2, 0) is 6.61 Å². The summed E-state index contributed by atoms with van der Waals surface area (Å²) in [4.78, 5) is 4.34. The third kappa shape index (κ3) is 2.31. The van der Waals surface area contributed by atoms with Gasteiger partial charge in [-0.05, 0) is 11.5 Å². The second-order valence-corrected chi connectivity index (χ2v) is 5.00. The summed E-state index contributed by atoms with van der Waals surface area (Å²) in [6, 6.07) is 8.45. The molecule has 2 aromatic rings. The monoisotopic (exact) mass is 233 g/mol. The van der Waals surface area contributed by atoms with E-state index >= 15 is 0 Å². The first-order valence-corrected chi connectivity index (χ1v) is 6.24. The number of aliphatic hydroxyl groups is 1. The summed E-state index contributed by atoms with van der Waals surface area (Å²) in [6.07, 6.45) is 0. The molecule has 3 heteroatoms. The van der Waals surface area contributed by atoms with Gasteiger partial charge in [-0.15, -0.1) is 11.3 Å². The van der Waals surface area contributed by atoms with Crippen molar-refractivity contribution in [3.63, 3.8) is 0 Å². The SMILES string of the molecule is CC(C)c1ccc(-c2csc(CO)n2)cc1. The van der Waals surface area contributed by atoms with E-state index in [1.54, 1.807) is 0 Å². The predicted molar refractivity (Wildman–Crippen MR) is 67.6 cm³/mol. The lowest BCUT2D eigenvalue weighted by atomic mass is 10.0. The Bertz CT molecular complexity index is 459. The molecule has 2 nitrogen and oxygen atoms in total. The predicted octanol–water partition coefficient (Wildman–Crippen LogP) is 3.43. The van der Waals surface area contributed by atoms with Gasteiger partial charge in [0, 0.05) is 10.9 Å². The molecule has 0 aliphatic carbocycles. The van der Waals surface area contributed by atoms with E-state index in [-0.39, 0.29) is 6.61 Å². The Labute approximate surface area is 99.6 Å². The largest absolute Gasteiger partial charge is 0.389 e. The van der Waals surface area contributed by atoms with Crippen LogP contribution in [0.3, 0.4) is 0 Å². The number of rotatable bonds is 3. The Kier molecular flexibility index (Phi) is 3.36. The Balaban J connectivity index is 2.27. The average molecular weight is 233 g/mol. The van der Waals surface area contributed by atoms with Gasteiger partial charge in [-0.2, -0.15) is 0 Å². The number of nitrogens with zero attached hydrogens (tertiary/aromatic N) is 1. The van der Waals surface area contributed by atoms with Crippen LogP contribution in [0, 0.1) is 0 Å². The van der Waals surface area contributed by atoms with Gasteiger partial charge >= 0.3 is 0 Å². The van der Waals surface area contributed by atoms with Crippen LogP contribution in [-0.4, -0.2) is 10.1 Å². The van der Waals surface area contributed by atoms with Crippen molar-refractivity contribution in [3.05, 3.63) is 40.2 Å². The Morgan fingerprint density at radius 3 is 2.44 bits per heavy atom. The highest BCUT2D eigenvalue weighted by atomic mass is 32.1. The summed E-state index contributed by atoms with van der Waals surface area (Å²) in [6.45, 7) is 4.39. The molecule has 0 spiro atoms. The molecular formula is C13H15NOS. The first kappa shape index (κ1) is 11.3. The molecule has 1 N–H and O–H groups in total. The molecule has 0 fully saturated rings. The molecular weight excluding hydrogens is 218 g/mol. The average Bonchev–Trinajstić information content (AvgIpc) is 2.77. The van der Waals surface area contributed by atoms with E-state index in [0.717, 1.165) is 16.3 Å². The van der Waals surface area contributed by atoms with E-state index < -0.39 is 0 Å². The molecule has 0 saturated carbocycles. The number of thiazole rings is 1. The number of hydrogen-bond acceptors (Lipinski definition) is 3. The highest BCUT2D eigenvalue weighted by Gasteiger charge is 2.04. The number of hydrogen-bond donors (Lipinski definition) is 1. The van der Waals surface area contributed by atoms with E-state index in [0.29, 0.717) is 5.92 Å². The maximum atomic E-state index is 8.96. The standard InChI is InChI=1S/C13H15NOS/c1-9(2)10-3-5-11(6-4-10)12-8-16-13(7-15)14-12/h3-6,8-9,15H,7H2,1-2H3. The normalized spacial score (nSPS) is 11.0. The lowest BCUT2D eigenvalue weighted by Gasteiger charge is -2.05. The van der Waals surface area contributed by atoms with Crippen molar-refractivity contribution in [1.82, 2.24) is 4.98 Å². The number of aliphatic hydroxyl groups excluding tert-OH is 1. The summed E-state index contributed by atoms with van der Waals surface area (Å²) in [5, 5.41) is 11.7. The number of aromatic nitrogens is 1. The molecule has 1 aromatic carbocycles. The minimum absolute atomic E-state index is 0.0226. The molecule has 0 saturated heterocycles. The van der Waals surface area contributed by atoms with Crippen molar-refractivity contribution >= 4 is 11.3 Å². The van der Waals surface area contributed by atoms with Crippen LogP contribution in [0.1, 0.15) is 30.3 Å². The van der Waals surface area contributed by atoms with Crippen LogP contribution in [0.5, 0.6) is 0 Å². The summed E-state index contributed by atoms with van der Waals surface area (Å²) in [5.41, 5.74) is 3.39. The Hall–Kier alpha value is -1.19. The maximum Gasteiger partial charge on any atom is 0.119 e. The van der Waals surface area contributed by atoms with Gasteiger partial charge in [0.1, 0.15) is 5.01 Å². The molecule has 84 valence electrons. The van der Waals surface area contributed by atoms with Crippen LogP contribution >= 0.6 is 11.3 Å². The van der Waals surface area contributed by atoms with Crippen molar-refractivity contribution < 1.29 is 5.11 Å². The van der Waals surface area contributed by atoms with Crippen molar-refractivity contribution in [2.75, 3.05) is 0 Å². The molecule has 1 aromatic heterocycles. The van der Waals surface area contributed by atoms with E-state index in [9.17, 15) is 0 Å². The molecule has 1 heterocycles. The fourth-order valence-electron chi connectivity index (χ4n) is 1.55. The third-order valence-electron chi connectivity index (χ3n) is 2.56. The van der Waals surface area contributed by atoms with Crippen LogP contribution in [0.15, 0.2) is 29.6 Å². The van der Waals surface area contributed by atoms with Crippen LogP contribution < -0.4 is 0 Å². The van der Waals surface area contributed by atoms with Crippen LogP contribution in [0.2, 0.25) is 0 Å². The van der Waals surface area contributed by atoms with Gasteiger partial charge < -0.3 is 5.11 Å². The smallest absolute Gasteiger partial charge is 0.119 e. The molecule has 0 amide bonds. The van der Waals surface area contributed by atoms with Crippen LogP contribution in [0.25, 0.3) is 11.3 Å². The van der Waals surface area contributed by atoms with E-state index in [1.165, 1.54) is 16.9 Å². The van der Waals surface area contributed by atoms with E-state index in [1.807, 2.05) is 5.38 Å². The second-order valence-electron chi connectivity index (χ2n) is 4.06. The summed E-state index contributed by atoms with van der Waals surface area (Å²) >= 11 is 1.49. The molecule has 0 unspecified atom stereocenters. The Morgan fingerprint density at radius 1 is 1.25 bits per heavy atom. The molecule has 0 atom stereocenters. The van der Waals surface area contributed by atoms with Crippen molar-refractivity contribution in [2.24, 2.45) is 0 Å². The van der Waals surface area contributed by atoms with E-state index in [4.69, 9.17) is 5.11 Å². The summed E-state index contributed by atoms with van der Waals surface area (Å²) in [7, 11) is 0. The van der Waals surface area contributed by atoms with Gasteiger partial charge in [0.25, 0.3) is 0 Å². The molecule has 0 radical (unpaired) electrons. The van der Waals surface area contributed by atoms with Crippen molar-refractivity contribution in [1.29, 1.82) is 0 Å². The quantitative estimate of drug-likeness (QED) is 0.881. The summed E-state index contributed by atoms with van der Waals surface area (Å²) < 4.78 is 0. The molecule has 0 aliphatic rings. The van der Waals surface area contributed by atoms with E-state index in [2.05, 4.69) is 43.1 Å². The lowest BCUT2D eigenvalue weighted by Crippen LogP contribution is -1.87. The van der Waals surface area contributed by atoms with Gasteiger partial charge in [-0.3, -0.25) is 0 Å². The molecule has 0 aliphatic heterocycles. The van der Waals surface area contributed by atoms with Gasteiger partial charge in [0.15, 0.2) is 0 Å².